The fraction of sp³-hybridized carbons (Fsp3) is 0.875. The summed E-state index contributed by atoms with van der Waals surface area (Å²) in [6.45, 7) is 4.22. The molecular weight excluding hydrogens is 447 g/mol. The Bertz CT molecular complexity index is 282. The number of rotatable bonds is 10. The lowest BCUT2D eigenvalue weighted by Gasteiger charge is -2.16. The van der Waals surface area contributed by atoms with Crippen molar-refractivity contribution in [3.8, 4) is 0 Å². The molecule has 0 bridgehead atoms. The molecule has 8 heteroatoms. The number of allylic oxidation sites excluding steroid dienone is 2. The van der Waals surface area contributed by atoms with Crippen LogP contribution in [0.15, 0.2) is 12.2 Å². The van der Waals surface area contributed by atoms with E-state index < -0.39 is 0 Å². The van der Waals surface area contributed by atoms with Crippen molar-refractivity contribution in [3.05, 3.63) is 12.2 Å². The predicted octanol–water partition coefficient (Wildman–Crippen LogP) is 3.54. The summed E-state index contributed by atoms with van der Waals surface area (Å²) in [5, 5.41) is 0. The molecule has 142 valence electrons. The molecule has 0 N–H and O–H groups in total. The van der Waals surface area contributed by atoms with E-state index in [9.17, 15) is 0 Å². The van der Waals surface area contributed by atoms with Crippen LogP contribution < -0.4 is 0 Å². The highest BCUT2D eigenvalue weighted by Gasteiger charge is 2.28. The molecule has 2 unspecified atom stereocenters. The highest BCUT2D eigenvalue weighted by molar-refractivity contribution is 14.2. The Morgan fingerprint density at radius 3 is 2.00 bits per heavy atom. The molecular formula is C16H29IO6S. The van der Waals surface area contributed by atoms with Gasteiger partial charge in [0.2, 0.25) is 0 Å². The molecule has 2 rings (SSSR count). The molecule has 1 fully saturated rings. The summed E-state index contributed by atoms with van der Waals surface area (Å²) in [6, 6.07) is 0. The van der Waals surface area contributed by atoms with Crippen molar-refractivity contribution in [3.63, 3.8) is 0 Å². The van der Waals surface area contributed by atoms with E-state index in [0.29, 0.717) is 58.6 Å². The van der Waals surface area contributed by atoms with E-state index in [1.54, 1.807) is 7.11 Å². The Kier molecular flexibility index (Phi) is 16.0. The van der Waals surface area contributed by atoms with Gasteiger partial charge in [-0.1, -0.05) is 12.2 Å². The van der Waals surface area contributed by atoms with Crippen molar-refractivity contribution in [2.45, 2.75) is 37.9 Å². The standard InChI is InChI=1S/C9H14O2.C7H15IO4S/c1-2-4-6-9-8(5-3-1)10-7-11-9;1-9-2-3-10-4-5-11-6-7-12-13-8/h1-2,8-9H,3-7H2;2-7H2,1H3/b2-1+;. The van der Waals surface area contributed by atoms with Crippen LogP contribution in [0.25, 0.3) is 0 Å². The molecule has 0 aromatic heterocycles. The summed E-state index contributed by atoms with van der Waals surface area (Å²) < 4.78 is 31.1. The van der Waals surface area contributed by atoms with Crippen LogP contribution in [-0.2, 0) is 27.9 Å². The third-order valence-electron chi connectivity index (χ3n) is 3.54. The van der Waals surface area contributed by atoms with E-state index in [2.05, 4.69) is 33.4 Å². The number of ether oxygens (including phenoxy) is 5. The first-order valence-corrected chi connectivity index (χ1v) is 11.6. The molecule has 1 aliphatic carbocycles. The Morgan fingerprint density at radius 1 is 0.917 bits per heavy atom. The lowest BCUT2D eigenvalue weighted by Crippen LogP contribution is -2.22. The molecule has 6 nitrogen and oxygen atoms in total. The van der Waals surface area contributed by atoms with Crippen molar-refractivity contribution in [1.82, 2.24) is 0 Å². The van der Waals surface area contributed by atoms with Gasteiger partial charge >= 0.3 is 0 Å². The molecule has 0 spiro atoms. The van der Waals surface area contributed by atoms with Gasteiger partial charge in [-0.25, -0.2) is 0 Å². The van der Waals surface area contributed by atoms with Gasteiger partial charge < -0.3 is 27.9 Å². The largest absolute Gasteiger partial charge is 0.382 e. The fourth-order valence-electron chi connectivity index (χ4n) is 2.31. The minimum absolute atomic E-state index is 0.375. The topological polar surface area (TPSA) is 55.4 Å². The molecule has 0 saturated carbocycles. The smallest absolute Gasteiger partial charge is 0.147 e. The third-order valence-corrected chi connectivity index (χ3v) is 4.56. The van der Waals surface area contributed by atoms with E-state index in [1.807, 2.05) is 0 Å². The van der Waals surface area contributed by atoms with Crippen molar-refractivity contribution < 1.29 is 27.9 Å². The lowest BCUT2D eigenvalue weighted by atomic mass is 10.0. The van der Waals surface area contributed by atoms with Gasteiger partial charge in [-0.2, -0.15) is 0 Å². The zero-order valence-electron chi connectivity index (χ0n) is 14.3. The van der Waals surface area contributed by atoms with Crippen LogP contribution >= 0.6 is 30.4 Å². The zero-order chi connectivity index (χ0) is 17.3. The van der Waals surface area contributed by atoms with Crippen LogP contribution in [0.5, 0.6) is 0 Å². The summed E-state index contributed by atoms with van der Waals surface area (Å²) >= 11 is 2.07. The second-order valence-electron chi connectivity index (χ2n) is 5.26. The first-order valence-electron chi connectivity index (χ1n) is 8.31. The number of methoxy groups -OCH3 is 1. The maximum absolute atomic E-state index is 5.44. The van der Waals surface area contributed by atoms with Gasteiger partial charge in [0.1, 0.15) is 6.79 Å². The average molecular weight is 476 g/mol. The van der Waals surface area contributed by atoms with Crippen molar-refractivity contribution >= 4 is 30.4 Å². The van der Waals surface area contributed by atoms with E-state index in [0.717, 1.165) is 25.7 Å². The zero-order valence-corrected chi connectivity index (χ0v) is 17.3. The summed E-state index contributed by atoms with van der Waals surface area (Å²) in [6.07, 6.45) is 9.78. The second kappa shape index (κ2) is 17.0. The number of fused-ring (bicyclic) bond motifs is 1. The Morgan fingerprint density at radius 2 is 1.46 bits per heavy atom. The predicted molar refractivity (Wildman–Crippen MR) is 103 cm³/mol. The van der Waals surface area contributed by atoms with Gasteiger partial charge in [0.05, 0.1) is 61.1 Å². The highest BCUT2D eigenvalue weighted by atomic mass is 127. The quantitative estimate of drug-likeness (QED) is 0.207. The minimum atomic E-state index is 0.375. The van der Waals surface area contributed by atoms with E-state index in [1.165, 1.54) is 9.21 Å². The maximum atomic E-state index is 5.44. The first kappa shape index (κ1) is 22.6. The first-order chi connectivity index (χ1) is 11.9. The van der Waals surface area contributed by atoms with Crippen LogP contribution in [-0.4, -0.2) is 65.8 Å². The molecule has 2 atom stereocenters. The van der Waals surface area contributed by atoms with Crippen molar-refractivity contribution in [1.29, 1.82) is 0 Å². The van der Waals surface area contributed by atoms with Crippen LogP contribution in [0.1, 0.15) is 25.7 Å². The second-order valence-corrected chi connectivity index (χ2v) is 6.70. The number of hydrogen-bond donors (Lipinski definition) is 0. The van der Waals surface area contributed by atoms with Crippen LogP contribution in [0.2, 0.25) is 0 Å². The summed E-state index contributed by atoms with van der Waals surface area (Å²) in [4.78, 5) is 0. The van der Waals surface area contributed by atoms with Crippen molar-refractivity contribution in [2.75, 3.05) is 53.5 Å². The summed E-state index contributed by atoms with van der Waals surface area (Å²) in [5.41, 5.74) is 0. The Labute approximate surface area is 161 Å². The van der Waals surface area contributed by atoms with Gasteiger partial charge in [-0.05, 0) is 25.7 Å². The molecule has 0 radical (unpaired) electrons. The van der Waals surface area contributed by atoms with E-state index in [-0.39, 0.29) is 0 Å². The number of hydrogen-bond acceptors (Lipinski definition) is 7. The minimum Gasteiger partial charge on any atom is -0.382 e. The molecule has 1 saturated heterocycles. The van der Waals surface area contributed by atoms with Gasteiger partial charge in [0.25, 0.3) is 0 Å². The highest BCUT2D eigenvalue weighted by Crippen LogP contribution is 2.23. The average Bonchev–Trinajstić information content (AvgIpc) is 3.00. The monoisotopic (exact) mass is 476 g/mol. The lowest BCUT2D eigenvalue weighted by molar-refractivity contribution is 0.0194. The van der Waals surface area contributed by atoms with Crippen LogP contribution in [0.4, 0.5) is 0 Å². The SMILES string of the molecule is C1=C/CCC2OCOC2CC/1.COCCOCCOCCOSI. The molecule has 2 aliphatic rings. The fourth-order valence-corrected chi connectivity index (χ4v) is 2.98. The number of halogens is 1. The van der Waals surface area contributed by atoms with Crippen LogP contribution in [0.3, 0.4) is 0 Å². The normalized spacial score (nSPS) is 24.4. The molecule has 24 heavy (non-hydrogen) atoms. The Balaban J connectivity index is 0.000000242. The third kappa shape index (κ3) is 12.0. The van der Waals surface area contributed by atoms with Gasteiger partial charge in [0, 0.05) is 28.3 Å². The van der Waals surface area contributed by atoms with E-state index in [4.69, 9.17) is 27.9 Å². The van der Waals surface area contributed by atoms with Gasteiger partial charge in [-0.15, -0.1) is 0 Å². The molecule has 1 heterocycles. The van der Waals surface area contributed by atoms with E-state index >= 15 is 0 Å². The summed E-state index contributed by atoms with van der Waals surface area (Å²) in [5.74, 6) is 0. The van der Waals surface area contributed by atoms with Crippen molar-refractivity contribution in [2.24, 2.45) is 0 Å². The Hall–Kier alpha value is 0.580. The van der Waals surface area contributed by atoms with Gasteiger partial charge in [-0.3, -0.25) is 0 Å². The van der Waals surface area contributed by atoms with Crippen LogP contribution in [0, 0.1) is 0 Å². The molecule has 0 aromatic carbocycles. The maximum Gasteiger partial charge on any atom is 0.147 e. The molecule has 0 aromatic rings. The summed E-state index contributed by atoms with van der Waals surface area (Å²) in [7, 11) is 2.97. The molecule has 0 amide bonds. The van der Waals surface area contributed by atoms with Gasteiger partial charge in [0.15, 0.2) is 0 Å². The molecule has 1 aliphatic heterocycles.